The van der Waals surface area contributed by atoms with E-state index in [0.29, 0.717) is 17.2 Å². The van der Waals surface area contributed by atoms with Gasteiger partial charge in [0.25, 0.3) is 0 Å². The molecule has 2 saturated carbocycles. The first kappa shape index (κ1) is 31.6. The zero-order valence-corrected chi connectivity index (χ0v) is 21.7. The Morgan fingerprint density at radius 1 is 0.871 bits per heavy atom. The second-order valence-corrected chi connectivity index (χ2v) is 8.28. The molecule has 2 aliphatic rings. The number of hydrogen-bond donors (Lipinski definition) is 1. The van der Waals surface area contributed by atoms with E-state index in [9.17, 15) is 4.79 Å². The fourth-order valence-electron chi connectivity index (χ4n) is 3.78. The molecule has 0 bridgehead atoms. The van der Waals surface area contributed by atoms with E-state index >= 15 is 0 Å². The first-order valence-corrected chi connectivity index (χ1v) is 13.0. The van der Waals surface area contributed by atoms with Gasteiger partial charge in [0.15, 0.2) is 0 Å². The molecule has 0 spiro atoms. The molecule has 0 unspecified atom stereocenters. The standard InChI is InChI=1S/C15H27NO.C6H6.C4H8.2C2H6/c1-15(10-6-3-7-11-15)12-16-14(17)13-8-4-2-5-9-13;1-2-4-6-5-3-1;1-3-4-2;2*1-2/h13H,2-12H2,1H3,(H,16,17);1-6H;3H,1,4H2,2H3;2*1-2H3. The summed E-state index contributed by atoms with van der Waals surface area (Å²) in [6.45, 7) is 16.8. The summed E-state index contributed by atoms with van der Waals surface area (Å²) >= 11 is 0. The van der Waals surface area contributed by atoms with Crippen LogP contribution in [0, 0.1) is 11.3 Å². The number of hydrogen-bond acceptors (Lipinski definition) is 1. The minimum absolute atomic E-state index is 0.316. The Labute approximate surface area is 195 Å². The molecular weight excluding hydrogens is 378 g/mol. The first-order chi connectivity index (χ1) is 15.1. The molecule has 0 aliphatic heterocycles. The van der Waals surface area contributed by atoms with Gasteiger partial charge in [-0.25, -0.2) is 0 Å². The molecule has 2 heteroatoms. The molecule has 2 fully saturated rings. The Morgan fingerprint density at radius 3 is 1.65 bits per heavy atom. The fourth-order valence-corrected chi connectivity index (χ4v) is 3.78. The molecule has 1 aromatic rings. The van der Waals surface area contributed by atoms with Crippen molar-refractivity contribution in [3.63, 3.8) is 0 Å². The summed E-state index contributed by atoms with van der Waals surface area (Å²) in [5, 5.41) is 3.22. The van der Waals surface area contributed by atoms with Gasteiger partial charge in [-0.1, -0.05) is 123 Å². The van der Waals surface area contributed by atoms with Crippen molar-refractivity contribution in [1.82, 2.24) is 5.32 Å². The van der Waals surface area contributed by atoms with E-state index < -0.39 is 0 Å². The average Bonchev–Trinajstić information content (AvgIpc) is 2.87. The first-order valence-electron chi connectivity index (χ1n) is 13.0. The number of nitrogens with one attached hydrogen (secondary N) is 1. The van der Waals surface area contributed by atoms with Crippen molar-refractivity contribution >= 4 is 5.91 Å². The number of amides is 1. The van der Waals surface area contributed by atoms with Gasteiger partial charge in [0, 0.05) is 12.5 Å². The predicted octanol–water partition coefficient (Wildman–Crippen LogP) is 8.97. The van der Waals surface area contributed by atoms with Crippen molar-refractivity contribution in [2.24, 2.45) is 11.3 Å². The quantitative estimate of drug-likeness (QED) is 0.473. The lowest BCUT2D eigenvalue weighted by molar-refractivity contribution is -0.126. The van der Waals surface area contributed by atoms with Crippen LogP contribution in [0.2, 0.25) is 0 Å². The maximum atomic E-state index is 12.1. The van der Waals surface area contributed by atoms with Crippen molar-refractivity contribution in [1.29, 1.82) is 0 Å². The molecule has 1 N–H and O–H groups in total. The molecular formula is C29H53NO. The van der Waals surface area contributed by atoms with Crippen LogP contribution in [-0.2, 0) is 4.79 Å². The lowest BCUT2D eigenvalue weighted by atomic mass is 9.75. The van der Waals surface area contributed by atoms with Gasteiger partial charge in [0.2, 0.25) is 5.91 Å². The van der Waals surface area contributed by atoms with Crippen LogP contribution in [0.25, 0.3) is 0 Å². The highest BCUT2D eigenvalue weighted by molar-refractivity contribution is 5.78. The normalized spacial score (nSPS) is 16.7. The summed E-state index contributed by atoms with van der Waals surface area (Å²) in [4.78, 5) is 12.1. The third kappa shape index (κ3) is 17.8. The molecule has 2 aliphatic carbocycles. The number of rotatable bonds is 4. The minimum Gasteiger partial charge on any atom is -0.355 e. The number of carbonyl (C=O) groups is 1. The minimum atomic E-state index is 0.316. The highest BCUT2D eigenvalue weighted by Crippen LogP contribution is 2.35. The Hall–Kier alpha value is -1.57. The second-order valence-electron chi connectivity index (χ2n) is 8.28. The number of benzene rings is 1. The van der Waals surface area contributed by atoms with Crippen LogP contribution in [-0.4, -0.2) is 12.5 Å². The number of carbonyl (C=O) groups excluding carboxylic acids is 1. The van der Waals surface area contributed by atoms with Gasteiger partial charge in [-0.2, -0.15) is 0 Å². The van der Waals surface area contributed by atoms with E-state index in [1.807, 2.05) is 70.2 Å². The summed E-state index contributed by atoms with van der Waals surface area (Å²) < 4.78 is 0. The second kappa shape index (κ2) is 23.1. The van der Waals surface area contributed by atoms with Crippen LogP contribution >= 0.6 is 0 Å². The molecule has 31 heavy (non-hydrogen) atoms. The van der Waals surface area contributed by atoms with E-state index in [2.05, 4.69) is 25.7 Å². The van der Waals surface area contributed by atoms with Crippen molar-refractivity contribution < 1.29 is 4.79 Å². The van der Waals surface area contributed by atoms with Gasteiger partial charge in [-0.05, 0) is 37.5 Å². The molecule has 1 amide bonds. The monoisotopic (exact) mass is 431 g/mol. The van der Waals surface area contributed by atoms with Crippen LogP contribution < -0.4 is 5.32 Å². The molecule has 1 aromatic carbocycles. The summed E-state index contributed by atoms with van der Waals surface area (Å²) in [7, 11) is 0. The third-order valence-electron chi connectivity index (χ3n) is 5.68. The maximum Gasteiger partial charge on any atom is 0.223 e. The lowest BCUT2D eigenvalue weighted by Crippen LogP contribution is -2.40. The van der Waals surface area contributed by atoms with Crippen LogP contribution in [0.5, 0.6) is 0 Å². The summed E-state index contributed by atoms with van der Waals surface area (Å²) in [6, 6.07) is 12.0. The van der Waals surface area contributed by atoms with Crippen molar-refractivity contribution in [3.05, 3.63) is 49.1 Å². The Bertz CT molecular complexity index is 458. The average molecular weight is 432 g/mol. The van der Waals surface area contributed by atoms with Gasteiger partial charge in [0.1, 0.15) is 0 Å². The van der Waals surface area contributed by atoms with Crippen molar-refractivity contribution in [2.75, 3.05) is 6.54 Å². The van der Waals surface area contributed by atoms with Gasteiger partial charge in [0.05, 0.1) is 0 Å². The lowest BCUT2D eigenvalue weighted by Gasteiger charge is -2.34. The molecule has 0 aromatic heterocycles. The topological polar surface area (TPSA) is 29.1 Å². The highest BCUT2D eigenvalue weighted by atomic mass is 16.1. The summed E-state index contributed by atoms with van der Waals surface area (Å²) in [6.07, 6.45) is 15.6. The van der Waals surface area contributed by atoms with Crippen LogP contribution in [0.1, 0.15) is 112 Å². The Balaban J connectivity index is 0. The van der Waals surface area contributed by atoms with Crippen molar-refractivity contribution in [2.45, 2.75) is 112 Å². The Kier molecular flexibility index (Phi) is 23.6. The van der Waals surface area contributed by atoms with E-state index in [1.165, 1.54) is 51.4 Å². The van der Waals surface area contributed by atoms with E-state index in [-0.39, 0.29) is 0 Å². The predicted molar refractivity (Wildman–Crippen MR) is 140 cm³/mol. The van der Waals surface area contributed by atoms with E-state index in [0.717, 1.165) is 25.8 Å². The molecule has 3 rings (SSSR count). The maximum absolute atomic E-state index is 12.1. The Morgan fingerprint density at radius 2 is 1.26 bits per heavy atom. The molecule has 0 atom stereocenters. The van der Waals surface area contributed by atoms with Gasteiger partial charge in [-0.15, -0.1) is 6.58 Å². The largest absolute Gasteiger partial charge is 0.355 e. The van der Waals surface area contributed by atoms with Crippen molar-refractivity contribution in [3.8, 4) is 0 Å². The van der Waals surface area contributed by atoms with E-state index in [1.54, 1.807) is 0 Å². The van der Waals surface area contributed by atoms with Gasteiger partial charge < -0.3 is 5.32 Å². The third-order valence-corrected chi connectivity index (χ3v) is 5.68. The van der Waals surface area contributed by atoms with Crippen LogP contribution in [0.4, 0.5) is 0 Å². The van der Waals surface area contributed by atoms with Crippen LogP contribution in [0.3, 0.4) is 0 Å². The molecule has 0 radical (unpaired) electrons. The zero-order valence-electron chi connectivity index (χ0n) is 21.7. The fraction of sp³-hybridized carbons (Fsp3) is 0.690. The van der Waals surface area contributed by atoms with Gasteiger partial charge >= 0.3 is 0 Å². The summed E-state index contributed by atoms with van der Waals surface area (Å²) in [5.74, 6) is 0.646. The molecule has 0 saturated heterocycles. The molecule has 0 heterocycles. The SMILES string of the molecule is C=CCC.CC.CC.CC1(CNC(=O)C2CCCCC2)CCCCC1.c1ccccc1. The zero-order chi connectivity index (χ0) is 23.8. The highest BCUT2D eigenvalue weighted by Gasteiger charge is 2.28. The molecule has 180 valence electrons. The van der Waals surface area contributed by atoms with Crippen LogP contribution in [0.15, 0.2) is 49.1 Å². The molecule has 2 nitrogen and oxygen atoms in total. The smallest absolute Gasteiger partial charge is 0.223 e. The summed E-state index contributed by atoms with van der Waals surface area (Å²) in [5.41, 5.74) is 0.378. The van der Waals surface area contributed by atoms with E-state index in [4.69, 9.17) is 0 Å². The number of allylic oxidation sites excluding steroid dienone is 1. The van der Waals surface area contributed by atoms with Gasteiger partial charge in [-0.3, -0.25) is 4.79 Å².